The number of hydrogen-bond donors (Lipinski definition) is 0. The molecule has 0 aliphatic carbocycles. The van der Waals surface area contributed by atoms with E-state index in [0.717, 1.165) is 24.6 Å². The molecule has 0 fully saturated rings. The van der Waals surface area contributed by atoms with Crippen LogP contribution in [-0.2, 0) is 9.53 Å². The Kier molecular flexibility index (Phi) is 6.62. The molecule has 3 heteroatoms. The first kappa shape index (κ1) is 11.0. The van der Waals surface area contributed by atoms with E-state index in [1.807, 2.05) is 6.92 Å². The fraction of sp³-hybridized carbons (Fsp3) is 0.875. The van der Waals surface area contributed by atoms with E-state index in [0.29, 0.717) is 0 Å². The van der Waals surface area contributed by atoms with Crippen LogP contribution in [-0.4, -0.2) is 17.4 Å². The number of alkyl halides is 1. The summed E-state index contributed by atoms with van der Waals surface area (Å²) < 4.78 is 4.94. The minimum Gasteiger partial charge on any atom is -0.463 e. The zero-order valence-electron chi connectivity index (χ0n) is 7.10. The van der Waals surface area contributed by atoms with Crippen LogP contribution in [0.4, 0.5) is 0 Å². The first-order valence-electron chi connectivity index (χ1n) is 3.90. The largest absolute Gasteiger partial charge is 0.463 e. The maximum absolute atomic E-state index is 10.5. The van der Waals surface area contributed by atoms with Crippen LogP contribution < -0.4 is 0 Å². The van der Waals surface area contributed by atoms with Crippen LogP contribution in [0.3, 0.4) is 0 Å². The standard InChI is InChI=1S/C8H15BrO2/c1-7(11-8(2)10)5-3-4-6-9/h7H,3-6H2,1-2H3/t7-/m1/s1. The van der Waals surface area contributed by atoms with Gasteiger partial charge in [-0.25, -0.2) is 0 Å². The smallest absolute Gasteiger partial charge is 0.302 e. The summed E-state index contributed by atoms with van der Waals surface area (Å²) >= 11 is 3.34. The van der Waals surface area contributed by atoms with E-state index in [-0.39, 0.29) is 12.1 Å². The maximum atomic E-state index is 10.5. The van der Waals surface area contributed by atoms with E-state index in [1.54, 1.807) is 0 Å². The third-order valence-electron chi connectivity index (χ3n) is 1.36. The Balaban J connectivity index is 3.22. The van der Waals surface area contributed by atoms with E-state index in [1.165, 1.54) is 6.92 Å². The lowest BCUT2D eigenvalue weighted by atomic mass is 10.2. The van der Waals surface area contributed by atoms with Gasteiger partial charge < -0.3 is 4.74 Å². The Morgan fingerprint density at radius 3 is 2.64 bits per heavy atom. The van der Waals surface area contributed by atoms with Crippen LogP contribution >= 0.6 is 15.9 Å². The highest BCUT2D eigenvalue weighted by Gasteiger charge is 2.03. The molecule has 0 N–H and O–H groups in total. The Morgan fingerprint density at radius 2 is 2.18 bits per heavy atom. The van der Waals surface area contributed by atoms with Gasteiger partial charge in [0.2, 0.25) is 0 Å². The van der Waals surface area contributed by atoms with Gasteiger partial charge in [-0.3, -0.25) is 4.79 Å². The van der Waals surface area contributed by atoms with E-state index in [2.05, 4.69) is 15.9 Å². The second-order valence-electron chi connectivity index (χ2n) is 2.60. The van der Waals surface area contributed by atoms with Crippen molar-refractivity contribution in [3.63, 3.8) is 0 Å². The van der Waals surface area contributed by atoms with E-state index in [4.69, 9.17) is 4.74 Å². The van der Waals surface area contributed by atoms with Gasteiger partial charge in [0, 0.05) is 12.3 Å². The van der Waals surface area contributed by atoms with Gasteiger partial charge in [0.1, 0.15) is 0 Å². The molecule has 66 valence electrons. The van der Waals surface area contributed by atoms with Crippen molar-refractivity contribution in [2.45, 2.75) is 39.2 Å². The molecule has 0 spiro atoms. The summed E-state index contributed by atoms with van der Waals surface area (Å²) in [5.41, 5.74) is 0. The summed E-state index contributed by atoms with van der Waals surface area (Å²) in [5.74, 6) is -0.184. The number of esters is 1. The molecule has 0 radical (unpaired) electrons. The number of rotatable bonds is 5. The lowest BCUT2D eigenvalue weighted by molar-refractivity contribution is -0.145. The molecular weight excluding hydrogens is 208 g/mol. The second-order valence-corrected chi connectivity index (χ2v) is 3.40. The predicted molar refractivity (Wildman–Crippen MR) is 48.9 cm³/mol. The van der Waals surface area contributed by atoms with Crippen LogP contribution in [0.2, 0.25) is 0 Å². The van der Waals surface area contributed by atoms with Gasteiger partial charge in [-0.15, -0.1) is 0 Å². The number of carbonyl (C=O) groups excluding carboxylic acids is 1. The van der Waals surface area contributed by atoms with Gasteiger partial charge in [0.25, 0.3) is 0 Å². The van der Waals surface area contributed by atoms with Crippen molar-refractivity contribution in [1.29, 1.82) is 0 Å². The molecule has 0 aromatic rings. The highest BCUT2D eigenvalue weighted by atomic mass is 79.9. The summed E-state index contributed by atoms with van der Waals surface area (Å²) in [5, 5.41) is 1.03. The molecule has 0 aromatic heterocycles. The minimum atomic E-state index is -0.184. The SMILES string of the molecule is CC(=O)O[C@H](C)CCCCBr. The van der Waals surface area contributed by atoms with Gasteiger partial charge in [-0.05, 0) is 26.2 Å². The highest BCUT2D eigenvalue weighted by Crippen LogP contribution is 2.05. The summed E-state index contributed by atoms with van der Waals surface area (Å²) in [6.07, 6.45) is 3.29. The molecule has 0 saturated carbocycles. The van der Waals surface area contributed by atoms with Crippen molar-refractivity contribution < 1.29 is 9.53 Å². The number of unbranched alkanes of at least 4 members (excludes halogenated alkanes) is 1. The Bertz CT molecular complexity index is 115. The van der Waals surface area contributed by atoms with Crippen LogP contribution in [0.15, 0.2) is 0 Å². The van der Waals surface area contributed by atoms with Gasteiger partial charge in [-0.2, -0.15) is 0 Å². The lowest BCUT2D eigenvalue weighted by Gasteiger charge is -2.10. The van der Waals surface area contributed by atoms with Crippen LogP contribution in [0.5, 0.6) is 0 Å². The molecule has 0 rings (SSSR count). The summed E-state index contributed by atoms with van der Waals surface area (Å²) in [6, 6.07) is 0. The molecular formula is C8H15BrO2. The van der Waals surface area contributed by atoms with Crippen LogP contribution in [0.1, 0.15) is 33.1 Å². The Hall–Kier alpha value is -0.0500. The normalized spacial score (nSPS) is 12.6. The van der Waals surface area contributed by atoms with Crippen molar-refractivity contribution in [1.82, 2.24) is 0 Å². The molecule has 0 amide bonds. The number of ether oxygens (including phenoxy) is 1. The average molecular weight is 223 g/mol. The van der Waals surface area contributed by atoms with Crippen LogP contribution in [0.25, 0.3) is 0 Å². The van der Waals surface area contributed by atoms with Crippen molar-refractivity contribution in [3.05, 3.63) is 0 Å². The number of hydrogen-bond acceptors (Lipinski definition) is 2. The third-order valence-corrected chi connectivity index (χ3v) is 1.92. The molecule has 11 heavy (non-hydrogen) atoms. The van der Waals surface area contributed by atoms with Crippen LogP contribution in [0, 0.1) is 0 Å². The van der Waals surface area contributed by atoms with Crippen molar-refractivity contribution in [2.75, 3.05) is 5.33 Å². The quantitative estimate of drug-likeness (QED) is 0.406. The van der Waals surface area contributed by atoms with Crippen molar-refractivity contribution in [3.8, 4) is 0 Å². The highest BCUT2D eigenvalue weighted by molar-refractivity contribution is 9.09. The number of carbonyl (C=O) groups is 1. The first-order valence-corrected chi connectivity index (χ1v) is 5.02. The molecule has 0 aromatic carbocycles. The molecule has 1 atom stereocenters. The molecule has 0 aliphatic rings. The fourth-order valence-corrected chi connectivity index (χ4v) is 1.27. The van der Waals surface area contributed by atoms with Gasteiger partial charge >= 0.3 is 5.97 Å². The Morgan fingerprint density at radius 1 is 1.55 bits per heavy atom. The predicted octanol–water partition coefficient (Wildman–Crippen LogP) is 2.50. The number of halogens is 1. The lowest BCUT2D eigenvalue weighted by Crippen LogP contribution is -2.11. The molecule has 0 saturated heterocycles. The molecule has 0 unspecified atom stereocenters. The van der Waals surface area contributed by atoms with Gasteiger partial charge in [0.05, 0.1) is 6.10 Å². The Labute approximate surface area is 76.4 Å². The average Bonchev–Trinajstić information content (AvgIpc) is 1.86. The topological polar surface area (TPSA) is 26.3 Å². The van der Waals surface area contributed by atoms with Gasteiger partial charge in [-0.1, -0.05) is 15.9 Å². The zero-order valence-corrected chi connectivity index (χ0v) is 8.69. The monoisotopic (exact) mass is 222 g/mol. The molecule has 0 aliphatic heterocycles. The van der Waals surface area contributed by atoms with Gasteiger partial charge in [0.15, 0.2) is 0 Å². The van der Waals surface area contributed by atoms with E-state index >= 15 is 0 Å². The zero-order chi connectivity index (χ0) is 8.69. The van der Waals surface area contributed by atoms with Crippen molar-refractivity contribution in [2.24, 2.45) is 0 Å². The fourth-order valence-electron chi connectivity index (χ4n) is 0.869. The minimum absolute atomic E-state index is 0.0755. The molecule has 2 nitrogen and oxygen atoms in total. The third kappa shape index (κ3) is 7.85. The maximum Gasteiger partial charge on any atom is 0.302 e. The van der Waals surface area contributed by atoms with E-state index in [9.17, 15) is 4.79 Å². The summed E-state index contributed by atoms with van der Waals surface area (Å²) in [6.45, 7) is 3.37. The first-order chi connectivity index (χ1) is 5.16. The summed E-state index contributed by atoms with van der Waals surface area (Å²) in [4.78, 5) is 10.5. The van der Waals surface area contributed by atoms with Crippen molar-refractivity contribution >= 4 is 21.9 Å². The summed E-state index contributed by atoms with van der Waals surface area (Å²) in [7, 11) is 0. The molecule has 0 bridgehead atoms. The second kappa shape index (κ2) is 6.65. The van der Waals surface area contributed by atoms with E-state index < -0.39 is 0 Å². The molecule has 0 heterocycles.